The van der Waals surface area contributed by atoms with Crippen molar-refractivity contribution in [1.29, 1.82) is 0 Å². The zero-order valence-electron chi connectivity index (χ0n) is 17.1. The molecule has 0 spiro atoms. The number of ether oxygens (including phenoxy) is 1. The Hall–Kier alpha value is -3.08. The molecule has 0 aromatic heterocycles. The Labute approximate surface area is 172 Å². The molecule has 1 aliphatic rings. The fourth-order valence-electron chi connectivity index (χ4n) is 3.77. The van der Waals surface area contributed by atoms with E-state index in [0.29, 0.717) is 25.3 Å². The van der Waals surface area contributed by atoms with Crippen molar-refractivity contribution < 1.29 is 14.3 Å². The van der Waals surface area contributed by atoms with Crippen molar-refractivity contribution in [2.45, 2.75) is 38.8 Å². The number of rotatable bonds is 7. The van der Waals surface area contributed by atoms with E-state index < -0.39 is 6.10 Å². The number of carbonyl (C=O) groups is 2. The van der Waals surface area contributed by atoms with Crippen LogP contribution in [-0.4, -0.2) is 35.9 Å². The lowest BCUT2D eigenvalue weighted by Gasteiger charge is -2.37. The molecule has 0 aliphatic carbocycles. The number of hydrogen-bond donors (Lipinski definition) is 1. The summed E-state index contributed by atoms with van der Waals surface area (Å²) in [7, 11) is 0. The number of nitrogens with one attached hydrogen (secondary N) is 1. The maximum absolute atomic E-state index is 12.3. The highest BCUT2D eigenvalue weighted by Crippen LogP contribution is 2.37. The maximum atomic E-state index is 12.3. The lowest BCUT2D eigenvalue weighted by atomic mass is 9.88. The fraction of sp³-hybridized carbons (Fsp3) is 0.333. The molecule has 0 fully saturated rings. The lowest BCUT2D eigenvalue weighted by Crippen LogP contribution is -2.39. The Morgan fingerprint density at radius 3 is 2.69 bits per heavy atom. The third-order valence-electron chi connectivity index (χ3n) is 5.23. The van der Waals surface area contributed by atoms with Crippen molar-refractivity contribution in [1.82, 2.24) is 10.2 Å². The predicted octanol–water partition coefficient (Wildman–Crippen LogP) is 3.64. The minimum Gasteiger partial charge on any atom is -0.481 e. The van der Waals surface area contributed by atoms with Crippen molar-refractivity contribution >= 4 is 11.8 Å². The van der Waals surface area contributed by atoms with Gasteiger partial charge in [-0.1, -0.05) is 49.4 Å². The van der Waals surface area contributed by atoms with E-state index in [1.807, 2.05) is 60.4 Å². The highest BCUT2D eigenvalue weighted by atomic mass is 16.5. The molecule has 0 radical (unpaired) electrons. The quantitative estimate of drug-likeness (QED) is 0.732. The van der Waals surface area contributed by atoms with Crippen LogP contribution < -0.4 is 10.1 Å². The molecule has 0 bridgehead atoms. The summed E-state index contributed by atoms with van der Waals surface area (Å²) in [5, 5.41) is 2.79. The maximum Gasteiger partial charge on any atom is 0.261 e. The van der Waals surface area contributed by atoms with Gasteiger partial charge >= 0.3 is 0 Å². The summed E-state index contributed by atoms with van der Waals surface area (Å²) in [6.07, 6.45) is 2.43. The summed E-state index contributed by atoms with van der Waals surface area (Å²) < 4.78 is 6.02. The van der Waals surface area contributed by atoms with Gasteiger partial charge in [0.05, 0.1) is 6.04 Å². The summed E-state index contributed by atoms with van der Waals surface area (Å²) in [4.78, 5) is 26.5. The van der Waals surface area contributed by atoms with Gasteiger partial charge in [0.25, 0.3) is 5.91 Å². The molecule has 5 nitrogen and oxygen atoms in total. The second-order valence-electron chi connectivity index (χ2n) is 7.18. The van der Waals surface area contributed by atoms with Crippen LogP contribution in [0.4, 0.5) is 0 Å². The van der Waals surface area contributed by atoms with E-state index in [0.717, 1.165) is 17.5 Å². The molecule has 1 heterocycles. The van der Waals surface area contributed by atoms with Gasteiger partial charge in [-0.2, -0.15) is 0 Å². The molecule has 152 valence electrons. The summed E-state index contributed by atoms with van der Waals surface area (Å²) in [5.74, 6) is 0.525. The van der Waals surface area contributed by atoms with Crippen LogP contribution in [-0.2, 0) is 16.0 Å². The van der Waals surface area contributed by atoms with E-state index in [-0.39, 0.29) is 17.9 Å². The molecule has 2 aromatic carbocycles. The first-order valence-corrected chi connectivity index (χ1v) is 10.0. The van der Waals surface area contributed by atoms with Crippen molar-refractivity contribution in [2.75, 3.05) is 13.1 Å². The molecule has 5 heteroatoms. The summed E-state index contributed by atoms with van der Waals surface area (Å²) >= 11 is 0. The van der Waals surface area contributed by atoms with Crippen molar-refractivity contribution in [3.05, 3.63) is 77.9 Å². The Balaban J connectivity index is 1.93. The number of nitrogens with zero attached hydrogens (tertiary/aromatic N) is 1. The number of amides is 2. The first-order chi connectivity index (χ1) is 14.0. The monoisotopic (exact) mass is 392 g/mol. The number of carbonyl (C=O) groups excluding carboxylic acids is 2. The van der Waals surface area contributed by atoms with Gasteiger partial charge in [-0.05, 0) is 41.7 Å². The highest BCUT2D eigenvalue weighted by Gasteiger charge is 2.31. The zero-order chi connectivity index (χ0) is 20.8. The van der Waals surface area contributed by atoms with Crippen LogP contribution in [0, 0.1) is 0 Å². The number of fused-ring (bicyclic) bond motifs is 1. The van der Waals surface area contributed by atoms with Gasteiger partial charge < -0.3 is 15.0 Å². The third-order valence-corrected chi connectivity index (χ3v) is 5.23. The average Bonchev–Trinajstić information content (AvgIpc) is 2.75. The molecular formula is C24H28N2O3. The van der Waals surface area contributed by atoms with Gasteiger partial charge in [0, 0.05) is 20.0 Å². The molecule has 0 unspecified atom stereocenters. The number of benzene rings is 2. The average molecular weight is 392 g/mol. The van der Waals surface area contributed by atoms with Crippen LogP contribution in [0.1, 0.15) is 43.0 Å². The summed E-state index contributed by atoms with van der Waals surface area (Å²) in [5.41, 5.74) is 3.32. The predicted molar refractivity (Wildman–Crippen MR) is 114 cm³/mol. The largest absolute Gasteiger partial charge is 0.481 e. The Kier molecular flexibility index (Phi) is 6.70. The molecule has 3 rings (SSSR count). The van der Waals surface area contributed by atoms with Gasteiger partial charge in [0.1, 0.15) is 5.75 Å². The van der Waals surface area contributed by atoms with Crippen molar-refractivity contribution in [3.8, 4) is 5.75 Å². The van der Waals surface area contributed by atoms with E-state index in [9.17, 15) is 9.59 Å². The van der Waals surface area contributed by atoms with E-state index in [2.05, 4.69) is 11.9 Å². The van der Waals surface area contributed by atoms with Gasteiger partial charge in [-0.3, -0.25) is 9.59 Å². The van der Waals surface area contributed by atoms with Crippen LogP contribution in [0.5, 0.6) is 5.75 Å². The first-order valence-electron chi connectivity index (χ1n) is 10.0. The summed E-state index contributed by atoms with van der Waals surface area (Å²) in [6.45, 7) is 8.24. The fourth-order valence-corrected chi connectivity index (χ4v) is 3.77. The molecule has 2 atom stereocenters. The molecule has 1 aliphatic heterocycles. The normalized spacial score (nSPS) is 16.5. The third kappa shape index (κ3) is 4.67. The van der Waals surface area contributed by atoms with Crippen molar-refractivity contribution in [2.24, 2.45) is 0 Å². The first kappa shape index (κ1) is 20.6. The van der Waals surface area contributed by atoms with E-state index in [1.54, 1.807) is 13.0 Å². The minimum absolute atomic E-state index is 0.0473. The van der Waals surface area contributed by atoms with Crippen LogP contribution in [0.2, 0.25) is 0 Å². The minimum atomic E-state index is -0.573. The van der Waals surface area contributed by atoms with Gasteiger partial charge in [0.2, 0.25) is 5.91 Å². The lowest BCUT2D eigenvalue weighted by molar-refractivity contribution is -0.131. The van der Waals surface area contributed by atoms with Gasteiger partial charge in [-0.15, -0.1) is 6.58 Å². The topological polar surface area (TPSA) is 58.6 Å². The number of hydrogen-bond acceptors (Lipinski definition) is 3. The van der Waals surface area contributed by atoms with E-state index >= 15 is 0 Å². The van der Waals surface area contributed by atoms with Crippen LogP contribution in [0.15, 0.2) is 61.2 Å². The Morgan fingerprint density at radius 2 is 2.03 bits per heavy atom. The second kappa shape index (κ2) is 9.41. The molecule has 2 aromatic rings. The molecule has 0 saturated carbocycles. The van der Waals surface area contributed by atoms with E-state index in [4.69, 9.17) is 4.74 Å². The Morgan fingerprint density at radius 1 is 1.28 bits per heavy atom. The van der Waals surface area contributed by atoms with Crippen LogP contribution in [0.3, 0.4) is 0 Å². The molecule has 0 saturated heterocycles. The molecule has 2 amide bonds. The van der Waals surface area contributed by atoms with Crippen LogP contribution >= 0.6 is 0 Å². The molecule has 29 heavy (non-hydrogen) atoms. The zero-order valence-corrected chi connectivity index (χ0v) is 17.1. The molecule has 1 N–H and O–H groups in total. The molecular weight excluding hydrogens is 364 g/mol. The SMILES string of the molecule is C=CCNC(=O)[C@H](CC)Oc1ccc2c(c1)[C@H](c1ccccc1)N(C(C)=O)CC2. The second-order valence-corrected chi connectivity index (χ2v) is 7.18. The Bertz CT molecular complexity index is 879. The van der Waals surface area contributed by atoms with Gasteiger partial charge in [-0.25, -0.2) is 0 Å². The van der Waals surface area contributed by atoms with Crippen molar-refractivity contribution in [3.63, 3.8) is 0 Å². The van der Waals surface area contributed by atoms with Crippen LogP contribution in [0.25, 0.3) is 0 Å². The smallest absolute Gasteiger partial charge is 0.261 e. The highest BCUT2D eigenvalue weighted by molar-refractivity contribution is 5.81. The standard InChI is InChI=1S/C24H28N2O3/c1-4-14-25-24(28)22(5-2)29-20-12-11-18-13-15-26(17(3)27)23(21(18)16-20)19-9-7-6-8-10-19/h4,6-12,16,22-23H,1,5,13-15H2,2-3H3,(H,25,28)/t22-,23-/m0/s1. The van der Waals surface area contributed by atoms with E-state index in [1.165, 1.54) is 5.56 Å². The summed E-state index contributed by atoms with van der Waals surface area (Å²) in [6, 6.07) is 15.8. The van der Waals surface area contributed by atoms with Gasteiger partial charge in [0.15, 0.2) is 6.10 Å².